The van der Waals surface area contributed by atoms with Crippen LogP contribution >= 0.6 is 0 Å². The number of ether oxygens (including phenoxy) is 1. The van der Waals surface area contributed by atoms with Crippen LogP contribution in [0.4, 0.5) is 30.7 Å². The Kier molecular flexibility index (Phi) is 4.54. The summed E-state index contributed by atoms with van der Waals surface area (Å²) in [5.74, 6) is -13.3. The van der Waals surface area contributed by atoms with Crippen LogP contribution in [0.25, 0.3) is 0 Å². The summed E-state index contributed by atoms with van der Waals surface area (Å²) in [4.78, 5) is 11.4. The second-order valence-electron chi connectivity index (χ2n) is 4.17. The van der Waals surface area contributed by atoms with Gasteiger partial charge in [-0.3, -0.25) is 0 Å². The summed E-state index contributed by atoms with van der Waals surface area (Å²) < 4.78 is 90.5. The first-order valence-electron chi connectivity index (χ1n) is 5.45. The molecule has 0 amide bonds. The number of esters is 1. The van der Waals surface area contributed by atoms with E-state index in [4.69, 9.17) is 0 Å². The Morgan fingerprint density at radius 2 is 1.57 bits per heavy atom. The Morgan fingerprint density at radius 3 is 2.05 bits per heavy atom. The molecule has 1 aromatic rings. The molecule has 0 aromatic heterocycles. The molecule has 9 heteroatoms. The number of carbonyl (C=O) groups is 1. The lowest BCUT2D eigenvalue weighted by atomic mass is 10.1. The first-order chi connectivity index (χ1) is 9.40. The number of carbonyl (C=O) groups excluding carboxylic acids is 1. The molecular weight excluding hydrogens is 309 g/mol. The van der Waals surface area contributed by atoms with Crippen molar-refractivity contribution < 1.29 is 40.3 Å². The third-order valence-corrected chi connectivity index (χ3v) is 2.56. The van der Waals surface area contributed by atoms with Crippen LogP contribution in [0, 0.1) is 6.92 Å². The summed E-state index contributed by atoms with van der Waals surface area (Å²) in [7, 11) is 0. The van der Waals surface area contributed by atoms with Gasteiger partial charge in [0, 0.05) is 0 Å². The fourth-order valence-electron chi connectivity index (χ4n) is 1.33. The van der Waals surface area contributed by atoms with Crippen LogP contribution in [0.15, 0.2) is 24.3 Å². The van der Waals surface area contributed by atoms with Crippen molar-refractivity contribution in [3.8, 4) is 0 Å². The van der Waals surface area contributed by atoms with Gasteiger partial charge in [-0.25, -0.2) is 4.79 Å². The molecule has 0 bridgehead atoms. The third-order valence-electron chi connectivity index (χ3n) is 2.56. The molecule has 0 saturated heterocycles. The smallest absolute Gasteiger partial charge is 0.455 e. The van der Waals surface area contributed by atoms with E-state index >= 15 is 0 Å². The zero-order chi connectivity index (χ0) is 16.5. The second-order valence-corrected chi connectivity index (χ2v) is 4.17. The van der Waals surface area contributed by atoms with Gasteiger partial charge in [0.1, 0.15) is 0 Å². The molecule has 2 nitrogen and oxygen atoms in total. The Hall–Kier alpha value is -1.80. The molecular formula is C12H9F7O2. The minimum atomic E-state index is -6.45. The van der Waals surface area contributed by atoms with E-state index in [1.54, 1.807) is 0 Å². The molecule has 0 atom stereocenters. The minimum absolute atomic E-state index is 0.205. The normalized spacial score (nSPS) is 13.1. The van der Waals surface area contributed by atoms with Crippen LogP contribution in [-0.4, -0.2) is 30.6 Å². The highest BCUT2D eigenvalue weighted by Crippen LogP contribution is 2.46. The maximum absolute atomic E-state index is 12.9. The highest BCUT2D eigenvalue weighted by atomic mass is 19.4. The zero-order valence-corrected chi connectivity index (χ0v) is 10.5. The molecule has 0 saturated carbocycles. The molecule has 0 aliphatic heterocycles. The van der Waals surface area contributed by atoms with E-state index in [1.807, 2.05) is 0 Å². The van der Waals surface area contributed by atoms with Crippen molar-refractivity contribution in [1.29, 1.82) is 0 Å². The number of benzene rings is 1. The highest BCUT2D eigenvalue weighted by molar-refractivity contribution is 5.90. The first kappa shape index (κ1) is 17.3. The average Bonchev–Trinajstić information content (AvgIpc) is 2.35. The van der Waals surface area contributed by atoms with E-state index < -0.39 is 30.6 Å². The predicted octanol–water partition coefficient (Wildman–Crippen LogP) is 3.98. The first-order valence-corrected chi connectivity index (χ1v) is 5.45. The van der Waals surface area contributed by atoms with Gasteiger partial charge < -0.3 is 4.74 Å². The van der Waals surface area contributed by atoms with Crippen LogP contribution in [0.2, 0.25) is 0 Å². The van der Waals surface area contributed by atoms with Crippen molar-refractivity contribution in [3.63, 3.8) is 0 Å². The summed E-state index contributed by atoms with van der Waals surface area (Å²) in [5.41, 5.74) is 0.0945. The zero-order valence-electron chi connectivity index (χ0n) is 10.5. The molecule has 0 N–H and O–H groups in total. The molecule has 0 heterocycles. The van der Waals surface area contributed by atoms with Crippen LogP contribution < -0.4 is 0 Å². The van der Waals surface area contributed by atoms with Crippen LogP contribution in [-0.2, 0) is 4.74 Å². The van der Waals surface area contributed by atoms with Crippen molar-refractivity contribution in [2.24, 2.45) is 0 Å². The quantitative estimate of drug-likeness (QED) is 0.620. The van der Waals surface area contributed by atoms with E-state index in [2.05, 4.69) is 4.74 Å². The number of hydrogen-bond acceptors (Lipinski definition) is 2. The van der Waals surface area contributed by atoms with E-state index in [0.29, 0.717) is 5.56 Å². The molecule has 1 aromatic carbocycles. The van der Waals surface area contributed by atoms with Gasteiger partial charge >= 0.3 is 24.0 Å². The number of hydrogen-bond donors (Lipinski definition) is 0. The number of alkyl halides is 7. The summed E-state index contributed by atoms with van der Waals surface area (Å²) in [5, 5.41) is 0. The van der Waals surface area contributed by atoms with Crippen molar-refractivity contribution in [2.45, 2.75) is 24.9 Å². The molecule has 0 fully saturated rings. The maximum atomic E-state index is 12.9. The summed E-state index contributed by atoms with van der Waals surface area (Å²) in [6.07, 6.45) is -6.45. The largest absolute Gasteiger partial charge is 0.460 e. The summed E-state index contributed by atoms with van der Waals surface area (Å²) in [6.45, 7) is -0.967. The Morgan fingerprint density at radius 1 is 1.05 bits per heavy atom. The lowest BCUT2D eigenvalue weighted by Crippen LogP contribution is -2.54. The van der Waals surface area contributed by atoms with Crippen molar-refractivity contribution in [3.05, 3.63) is 35.4 Å². The second kappa shape index (κ2) is 5.53. The summed E-state index contributed by atoms with van der Waals surface area (Å²) in [6, 6.07) is 5.45. The van der Waals surface area contributed by atoms with Crippen molar-refractivity contribution in [2.75, 3.05) is 6.61 Å². The summed E-state index contributed by atoms with van der Waals surface area (Å²) >= 11 is 0. The third kappa shape index (κ3) is 3.45. The minimum Gasteiger partial charge on any atom is -0.455 e. The number of rotatable bonds is 4. The molecule has 21 heavy (non-hydrogen) atoms. The standard InChI is InChI=1S/C12H9F7O2/c1-7-4-2-3-5-8(7)9(20)21-6-10(13,14)11(15,16)12(17,18)19/h2-5H,6H2,1H3. The van der Waals surface area contributed by atoms with Gasteiger partial charge in [-0.1, -0.05) is 18.2 Å². The van der Waals surface area contributed by atoms with Crippen LogP contribution in [0.1, 0.15) is 15.9 Å². The lowest BCUT2D eigenvalue weighted by Gasteiger charge is -2.27. The average molecular weight is 318 g/mol. The molecule has 0 aliphatic rings. The lowest BCUT2D eigenvalue weighted by molar-refractivity contribution is -0.359. The van der Waals surface area contributed by atoms with E-state index in [0.717, 1.165) is 6.07 Å². The molecule has 0 spiro atoms. The van der Waals surface area contributed by atoms with Crippen LogP contribution in [0.3, 0.4) is 0 Å². The monoisotopic (exact) mass is 318 g/mol. The van der Waals surface area contributed by atoms with Gasteiger partial charge in [-0.15, -0.1) is 0 Å². The number of aryl methyl sites for hydroxylation is 1. The topological polar surface area (TPSA) is 26.3 Å². The van der Waals surface area contributed by atoms with E-state index in [-0.39, 0.29) is 5.56 Å². The molecule has 0 unspecified atom stereocenters. The Labute approximate surface area is 114 Å². The molecule has 1 rings (SSSR count). The van der Waals surface area contributed by atoms with Crippen molar-refractivity contribution >= 4 is 5.97 Å². The predicted molar refractivity (Wildman–Crippen MR) is 57.4 cm³/mol. The fraction of sp³-hybridized carbons (Fsp3) is 0.417. The van der Waals surface area contributed by atoms with Gasteiger partial charge in [0.25, 0.3) is 0 Å². The van der Waals surface area contributed by atoms with E-state index in [9.17, 15) is 35.5 Å². The molecule has 118 valence electrons. The van der Waals surface area contributed by atoms with Gasteiger partial charge in [0.15, 0.2) is 6.61 Å². The van der Waals surface area contributed by atoms with E-state index in [1.165, 1.54) is 25.1 Å². The van der Waals surface area contributed by atoms with Crippen molar-refractivity contribution in [1.82, 2.24) is 0 Å². The number of halogens is 7. The highest BCUT2D eigenvalue weighted by Gasteiger charge is 2.73. The Balaban J connectivity index is 2.83. The Bertz CT molecular complexity index is 523. The molecule has 0 aliphatic carbocycles. The van der Waals surface area contributed by atoms with Crippen LogP contribution in [0.5, 0.6) is 0 Å². The maximum Gasteiger partial charge on any atom is 0.460 e. The SMILES string of the molecule is Cc1ccccc1C(=O)OCC(F)(F)C(F)(F)C(F)(F)F. The van der Waals surface area contributed by atoms with Gasteiger partial charge in [0.05, 0.1) is 5.56 Å². The fourth-order valence-corrected chi connectivity index (χ4v) is 1.33. The van der Waals surface area contributed by atoms with Gasteiger partial charge in [-0.05, 0) is 18.6 Å². The van der Waals surface area contributed by atoms with Gasteiger partial charge in [-0.2, -0.15) is 30.7 Å². The van der Waals surface area contributed by atoms with Gasteiger partial charge in [0.2, 0.25) is 0 Å². The molecule has 0 radical (unpaired) electrons.